The maximum atomic E-state index is 11.8. The molecule has 0 bridgehead atoms. The number of nitrogens with zero attached hydrogens (tertiary/aromatic N) is 3. The van der Waals surface area contributed by atoms with Crippen LogP contribution in [0.1, 0.15) is 40.5 Å². The molecule has 26 heavy (non-hydrogen) atoms. The van der Waals surface area contributed by atoms with E-state index in [-0.39, 0.29) is 11.6 Å². The highest BCUT2D eigenvalue weighted by molar-refractivity contribution is 5.64. The fraction of sp³-hybridized carbons (Fsp3) is 0.500. The molecular weight excluding hydrogens is 322 g/mol. The van der Waals surface area contributed by atoms with E-state index in [1.54, 1.807) is 29.9 Å². The minimum atomic E-state index is -1.00. The molecule has 1 aromatic heterocycles. The Morgan fingerprint density at radius 1 is 1.23 bits per heavy atom. The Bertz CT molecular complexity index is 907. The van der Waals surface area contributed by atoms with Crippen molar-refractivity contribution in [2.75, 3.05) is 18.0 Å². The van der Waals surface area contributed by atoms with Gasteiger partial charge < -0.3 is 9.47 Å². The molecule has 0 spiro atoms. The molecule has 1 aliphatic carbocycles. The molecule has 1 saturated carbocycles. The molecule has 1 unspecified atom stereocenters. The lowest BCUT2D eigenvalue weighted by molar-refractivity contribution is 0.244. The molecule has 4 rings (SSSR count). The highest BCUT2D eigenvalue weighted by Crippen LogP contribution is 2.34. The molecule has 1 aliphatic heterocycles. The summed E-state index contributed by atoms with van der Waals surface area (Å²) in [4.78, 5) is 16.4. The van der Waals surface area contributed by atoms with Crippen LogP contribution in [0.15, 0.2) is 41.3 Å². The predicted octanol–water partition coefficient (Wildman–Crippen LogP) is 3.70. The van der Waals surface area contributed by atoms with Crippen LogP contribution in [0.4, 0.5) is 11.4 Å². The number of benzene rings is 1. The van der Waals surface area contributed by atoms with Gasteiger partial charge >= 0.3 is 0 Å². The number of aryl methyl sites for hydroxylation is 1. The van der Waals surface area contributed by atoms with Gasteiger partial charge in [0, 0.05) is 53.4 Å². The second-order valence-corrected chi connectivity index (χ2v) is 7.83. The van der Waals surface area contributed by atoms with Crippen LogP contribution in [-0.2, 0) is 20.0 Å². The van der Waals surface area contributed by atoms with E-state index in [9.17, 15) is 4.79 Å². The second kappa shape index (κ2) is 6.92. The van der Waals surface area contributed by atoms with E-state index in [0.717, 1.165) is 36.8 Å². The van der Waals surface area contributed by atoms with Crippen molar-refractivity contribution in [1.29, 1.82) is 0 Å². The van der Waals surface area contributed by atoms with Crippen molar-refractivity contribution in [2.45, 2.75) is 45.6 Å². The molecule has 1 atom stereocenters. The SMILES string of the molecule is [2H]C([2H])C(C)N(c1ccc2c(c1)CN(CC1CC1)CC2)c1ccc(=O)n(C)c1. The number of hydrogen-bond acceptors (Lipinski definition) is 3. The van der Waals surface area contributed by atoms with Crippen molar-refractivity contribution in [3.05, 3.63) is 58.0 Å². The zero-order valence-electron chi connectivity index (χ0n) is 17.7. The first kappa shape index (κ1) is 15.0. The first-order valence-electron chi connectivity index (χ1n) is 10.7. The summed E-state index contributed by atoms with van der Waals surface area (Å²) in [5, 5.41) is 0. The lowest BCUT2D eigenvalue weighted by Gasteiger charge is -2.33. The summed E-state index contributed by atoms with van der Waals surface area (Å²) in [6, 6.07) is 9.52. The summed E-state index contributed by atoms with van der Waals surface area (Å²) >= 11 is 0. The molecular formula is C22H29N3O. The van der Waals surface area contributed by atoms with Crippen molar-refractivity contribution < 1.29 is 2.74 Å². The zero-order valence-corrected chi connectivity index (χ0v) is 15.7. The number of fused-ring (bicyclic) bond motifs is 1. The fourth-order valence-electron chi connectivity index (χ4n) is 3.91. The van der Waals surface area contributed by atoms with E-state index in [0.29, 0.717) is 0 Å². The lowest BCUT2D eigenvalue weighted by Crippen LogP contribution is -2.33. The summed E-state index contributed by atoms with van der Waals surface area (Å²) in [7, 11) is 1.73. The Labute approximate surface area is 158 Å². The average Bonchev–Trinajstić information content (AvgIpc) is 3.48. The first-order valence-corrected chi connectivity index (χ1v) is 9.57. The van der Waals surface area contributed by atoms with Gasteiger partial charge in [-0.1, -0.05) is 6.07 Å². The molecule has 4 heteroatoms. The van der Waals surface area contributed by atoms with Gasteiger partial charge in [-0.25, -0.2) is 0 Å². The van der Waals surface area contributed by atoms with Gasteiger partial charge in [-0.2, -0.15) is 0 Å². The van der Waals surface area contributed by atoms with Gasteiger partial charge in [0.15, 0.2) is 0 Å². The van der Waals surface area contributed by atoms with E-state index in [1.165, 1.54) is 30.5 Å². The third-order valence-electron chi connectivity index (χ3n) is 5.53. The second-order valence-electron chi connectivity index (χ2n) is 7.83. The molecule has 2 aliphatic rings. The molecule has 1 aromatic carbocycles. The topological polar surface area (TPSA) is 28.5 Å². The zero-order chi connectivity index (χ0) is 19.8. The van der Waals surface area contributed by atoms with Crippen molar-refractivity contribution in [2.24, 2.45) is 13.0 Å². The molecule has 2 heterocycles. The molecule has 138 valence electrons. The van der Waals surface area contributed by atoms with Gasteiger partial charge in [0.05, 0.1) is 5.69 Å². The molecule has 4 nitrogen and oxygen atoms in total. The Balaban J connectivity index is 1.68. The van der Waals surface area contributed by atoms with Crippen LogP contribution in [0.5, 0.6) is 0 Å². The summed E-state index contributed by atoms with van der Waals surface area (Å²) in [6.07, 6.45) is 5.61. The number of aromatic nitrogens is 1. The van der Waals surface area contributed by atoms with Gasteiger partial charge in [-0.05, 0) is 68.3 Å². The molecule has 0 amide bonds. The van der Waals surface area contributed by atoms with Gasteiger partial charge in [-0.15, -0.1) is 0 Å². The molecule has 2 aromatic rings. The highest BCUT2D eigenvalue weighted by Gasteiger charge is 2.26. The fourth-order valence-corrected chi connectivity index (χ4v) is 3.91. The van der Waals surface area contributed by atoms with Crippen LogP contribution in [0, 0.1) is 5.92 Å². The minimum Gasteiger partial charge on any atom is -0.338 e. The largest absolute Gasteiger partial charge is 0.338 e. The van der Waals surface area contributed by atoms with Crippen LogP contribution >= 0.6 is 0 Å². The smallest absolute Gasteiger partial charge is 0.250 e. The molecule has 0 N–H and O–H groups in total. The number of anilines is 2. The van der Waals surface area contributed by atoms with Crippen LogP contribution < -0.4 is 10.5 Å². The normalized spacial score (nSPS) is 19.7. The maximum Gasteiger partial charge on any atom is 0.250 e. The Morgan fingerprint density at radius 3 is 2.77 bits per heavy atom. The Morgan fingerprint density at radius 2 is 2.04 bits per heavy atom. The van der Waals surface area contributed by atoms with Crippen molar-refractivity contribution in [3.8, 4) is 0 Å². The standard InChI is InChI=1S/C22H29N3O/c1-16(2)25(21-8-9-22(26)23(3)15-21)20-7-6-18-10-11-24(13-17-4-5-17)14-19(18)12-20/h6-9,12,15-17H,4-5,10-11,13-14H2,1-3H3/i1D2. The van der Waals surface area contributed by atoms with Gasteiger partial charge in [-0.3, -0.25) is 9.69 Å². The van der Waals surface area contributed by atoms with Crippen molar-refractivity contribution in [3.63, 3.8) is 0 Å². The lowest BCUT2D eigenvalue weighted by atomic mass is 9.98. The van der Waals surface area contributed by atoms with Crippen LogP contribution in [0.3, 0.4) is 0 Å². The molecule has 0 saturated heterocycles. The first-order chi connectivity index (χ1) is 13.4. The highest BCUT2D eigenvalue weighted by atomic mass is 16.1. The van der Waals surface area contributed by atoms with Crippen molar-refractivity contribution >= 4 is 11.4 Å². The van der Waals surface area contributed by atoms with Gasteiger partial charge in [0.1, 0.15) is 0 Å². The van der Waals surface area contributed by atoms with Crippen LogP contribution in [0.25, 0.3) is 0 Å². The van der Waals surface area contributed by atoms with Gasteiger partial charge in [0.25, 0.3) is 0 Å². The number of rotatable bonds is 5. The number of pyridine rings is 1. The van der Waals surface area contributed by atoms with E-state index in [2.05, 4.69) is 23.1 Å². The summed E-state index contributed by atoms with van der Waals surface area (Å²) in [5.74, 6) is 0.888. The molecule has 1 fully saturated rings. The van der Waals surface area contributed by atoms with E-state index < -0.39 is 6.88 Å². The minimum absolute atomic E-state index is 0.0641. The number of hydrogen-bond donors (Lipinski definition) is 0. The maximum absolute atomic E-state index is 11.8. The van der Waals surface area contributed by atoms with Crippen LogP contribution in [-0.4, -0.2) is 28.6 Å². The quantitative estimate of drug-likeness (QED) is 0.820. The Hall–Kier alpha value is -2.07. The van der Waals surface area contributed by atoms with Gasteiger partial charge in [0.2, 0.25) is 5.56 Å². The monoisotopic (exact) mass is 353 g/mol. The van der Waals surface area contributed by atoms with Crippen LogP contribution in [0.2, 0.25) is 0 Å². The average molecular weight is 354 g/mol. The molecule has 0 radical (unpaired) electrons. The third-order valence-corrected chi connectivity index (χ3v) is 5.53. The van der Waals surface area contributed by atoms with E-state index in [4.69, 9.17) is 2.74 Å². The Kier molecular flexibility index (Phi) is 4.00. The van der Waals surface area contributed by atoms with E-state index in [1.807, 2.05) is 11.8 Å². The van der Waals surface area contributed by atoms with E-state index >= 15 is 0 Å². The van der Waals surface area contributed by atoms with Crippen molar-refractivity contribution in [1.82, 2.24) is 9.47 Å². The summed E-state index contributed by atoms with van der Waals surface area (Å²) < 4.78 is 17.5. The predicted molar refractivity (Wildman–Crippen MR) is 107 cm³/mol. The summed E-state index contributed by atoms with van der Waals surface area (Å²) in [6.45, 7) is 4.20. The third kappa shape index (κ3) is 3.56. The summed E-state index contributed by atoms with van der Waals surface area (Å²) in [5.41, 5.74) is 4.51.